The van der Waals surface area contributed by atoms with Crippen molar-refractivity contribution in [2.24, 2.45) is 11.8 Å². The van der Waals surface area contributed by atoms with Crippen LogP contribution in [0.3, 0.4) is 0 Å². The zero-order valence-corrected chi connectivity index (χ0v) is 10.3. The molecule has 0 spiro atoms. The molecule has 3 nitrogen and oxygen atoms in total. The van der Waals surface area contributed by atoms with Gasteiger partial charge < -0.3 is 9.47 Å². The molecule has 1 atom stereocenters. The lowest BCUT2D eigenvalue weighted by Gasteiger charge is -2.14. The lowest BCUT2D eigenvalue weighted by Crippen LogP contribution is -2.20. The molecule has 0 radical (unpaired) electrons. The smallest absolute Gasteiger partial charge is 0.309 e. The van der Waals surface area contributed by atoms with Crippen LogP contribution in [0.4, 0.5) is 0 Å². The van der Waals surface area contributed by atoms with Gasteiger partial charge in [0, 0.05) is 0 Å². The van der Waals surface area contributed by atoms with Crippen molar-refractivity contribution in [3.8, 4) is 5.75 Å². The van der Waals surface area contributed by atoms with Gasteiger partial charge in [-0.25, -0.2) is 0 Å². The third kappa shape index (κ3) is 2.99. The van der Waals surface area contributed by atoms with Gasteiger partial charge in [-0.15, -0.1) is 0 Å². The molecule has 1 aromatic rings. The van der Waals surface area contributed by atoms with Gasteiger partial charge in [0.15, 0.2) is 0 Å². The zero-order chi connectivity index (χ0) is 12.3. The van der Waals surface area contributed by atoms with Crippen molar-refractivity contribution in [3.63, 3.8) is 0 Å². The molecule has 1 aliphatic rings. The predicted octanol–water partition coefficient (Wildman–Crippen LogP) is 2.44. The maximum Gasteiger partial charge on any atom is 0.309 e. The van der Waals surface area contributed by atoms with E-state index in [1.165, 1.54) is 7.11 Å². The fourth-order valence-electron chi connectivity index (χ4n) is 2.15. The summed E-state index contributed by atoms with van der Waals surface area (Å²) in [6.07, 6.45) is 3.03. The van der Waals surface area contributed by atoms with Gasteiger partial charge >= 0.3 is 5.97 Å². The first-order valence-electron chi connectivity index (χ1n) is 5.95. The van der Waals surface area contributed by atoms with E-state index in [2.05, 4.69) is 0 Å². The fourth-order valence-corrected chi connectivity index (χ4v) is 2.15. The average Bonchev–Trinajstić information content (AvgIpc) is 3.19. The highest BCUT2D eigenvalue weighted by atomic mass is 16.5. The summed E-state index contributed by atoms with van der Waals surface area (Å²) < 4.78 is 10.1. The number of esters is 1. The minimum Gasteiger partial charge on any atom is -0.497 e. The molecule has 1 aliphatic carbocycles. The van der Waals surface area contributed by atoms with Crippen molar-refractivity contribution in [2.75, 3.05) is 14.2 Å². The first kappa shape index (κ1) is 12.0. The molecule has 3 heteroatoms. The Kier molecular flexibility index (Phi) is 3.67. The van der Waals surface area contributed by atoms with Crippen LogP contribution in [-0.4, -0.2) is 20.2 Å². The molecule has 1 saturated carbocycles. The van der Waals surface area contributed by atoms with E-state index in [4.69, 9.17) is 9.47 Å². The molecule has 0 aliphatic heterocycles. The lowest BCUT2D eigenvalue weighted by molar-refractivity contribution is -0.146. The van der Waals surface area contributed by atoms with Crippen LogP contribution in [0.25, 0.3) is 0 Å². The molecule has 17 heavy (non-hydrogen) atoms. The van der Waals surface area contributed by atoms with E-state index in [1.54, 1.807) is 7.11 Å². The van der Waals surface area contributed by atoms with Crippen molar-refractivity contribution >= 4 is 5.97 Å². The molecule has 0 bridgehead atoms. The maximum absolute atomic E-state index is 11.7. The molecule has 0 saturated heterocycles. The summed E-state index contributed by atoms with van der Waals surface area (Å²) in [4.78, 5) is 11.7. The van der Waals surface area contributed by atoms with Crippen LogP contribution < -0.4 is 4.74 Å². The Balaban J connectivity index is 2.08. The molecule has 0 heterocycles. The second kappa shape index (κ2) is 5.21. The van der Waals surface area contributed by atoms with Gasteiger partial charge in [0.25, 0.3) is 0 Å². The standard InChI is InChI=1S/C14H18O3/c1-16-12-5-3-4-10(8-12)9-13(11-6-7-11)14(15)17-2/h3-5,8,11,13H,6-7,9H2,1-2H3. The number of rotatable bonds is 5. The molecule has 1 unspecified atom stereocenters. The highest BCUT2D eigenvalue weighted by Crippen LogP contribution is 2.39. The lowest BCUT2D eigenvalue weighted by atomic mass is 9.95. The molecule has 0 aromatic heterocycles. The summed E-state index contributed by atoms with van der Waals surface area (Å²) in [5.74, 6) is 1.26. The van der Waals surface area contributed by atoms with Crippen LogP contribution in [0, 0.1) is 11.8 Å². The molecular formula is C14H18O3. The van der Waals surface area contributed by atoms with E-state index in [-0.39, 0.29) is 11.9 Å². The largest absolute Gasteiger partial charge is 0.497 e. The van der Waals surface area contributed by atoms with E-state index in [0.717, 1.165) is 30.6 Å². The summed E-state index contributed by atoms with van der Waals surface area (Å²) in [6, 6.07) is 7.88. The second-order valence-corrected chi connectivity index (χ2v) is 4.52. The number of carbonyl (C=O) groups is 1. The van der Waals surface area contributed by atoms with Crippen molar-refractivity contribution in [1.82, 2.24) is 0 Å². The van der Waals surface area contributed by atoms with Crippen molar-refractivity contribution in [3.05, 3.63) is 29.8 Å². The predicted molar refractivity (Wildman–Crippen MR) is 64.9 cm³/mol. The van der Waals surface area contributed by atoms with Gasteiger partial charge in [0.2, 0.25) is 0 Å². The van der Waals surface area contributed by atoms with Gasteiger partial charge in [-0.2, -0.15) is 0 Å². The highest BCUT2D eigenvalue weighted by Gasteiger charge is 2.36. The molecular weight excluding hydrogens is 216 g/mol. The van der Waals surface area contributed by atoms with Crippen LogP contribution in [0.5, 0.6) is 5.75 Å². The topological polar surface area (TPSA) is 35.5 Å². The summed E-state index contributed by atoms with van der Waals surface area (Å²) in [6.45, 7) is 0. The monoisotopic (exact) mass is 234 g/mol. The molecule has 0 N–H and O–H groups in total. The van der Waals surface area contributed by atoms with Crippen LogP contribution in [-0.2, 0) is 16.0 Å². The Morgan fingerprint density at radius 1 is 1.41 bits per heavy atom. The Labute approximate surface area is 102 Å². The quantitative estimate of drug-likeness (QED) is 0.734. The van der Waals surface area contributed by atoms with E-state index in [0.29, 0.717) is 5.92 Å². The van der Waals surface area contributed by atoms with Gasteiger partial charge in [-0.3, -0.25) is 4.79 Å². The first-order valence-corrected chi connectivity index (χ1v) is 5.95. The summed E-state index contributed by atoms with van der Waals surface area (Å²) >= 11 is 0. The Hall–Kier alpha value is -1.51. The van der Waals surface area contributed by atoms with Crippen LogP contribution in [0.15, 0.2) is 24.3 Å². The summed E-state index contributed by atoms with van der Waals surface area (Å²) in [5, 5.41) is 0. The molecule has 2 rings (SSSR count). The zero-order valence-electron chi connectivity index (χ0n) is 10.3. The first-order chi connectivity index (χ1) is 8.24. The second-order valence-electron chi connectivity index (χ2n) is 4.52. The van der Waals surface area contributed by atoms with E-state index >= 15 is 0 Å². The van der Waals surface area contributed by atoms with Gasteiger partial charge in [0.1, 0.15) is 5.75 Å². The van der Waals surface area contributed by atoms with E-state index in [1.807, 2.05) is 24.3 Å². The van der Waals surface area contributed by atoms with E-state index < -0.39 is 0 Å². The Morgan fingerprint density at radius 3 is 2.76 bits per heavy atom. The molecule has 0 amide bonds. The minimum absolute atomic E-state index is 0.00658. The third-order valence-electron chi connectivity index (χ3n) is 3.28. The number of hydrogen-bond acceptors (Lipinski definition) is 3. The average molecular weight is 234 g/mol. The van der Waals surface area contributed by atoms with Crippen LogP contribution in [0.1, 0.15) is 18.4 Å². The number of ether oxygens (including phenoxy) is 2. The number of benzene rings is 1. The number of hydrogen-bond donors (Lipinski definition) is 0. The van der Waals surface area contributed by atoms with E-state index in [9.17, 15) is 4.79 Å². The van der Waals surface area contributed by atoms with Crippen molar-refractivity contribution in [1.29, 1.82) is 0 Å². The summed E-state index contributed by atoms with van der Waals surface area (Å²) in [5.41, 5.74) is 1.13. The molecule has 1 fully saturated rings. The minimum atomic E-state index is -0.0877. The van der Waals surface area contributed by atoms with Crippen LogP contribution in [0.2, 0.25) is 0 Å². The van der Waals surface area contributed by atoms with Crippen LogP contribution >= 0.6 is 0 Å². The van der Waals surface area contributed by atoms with Gasteiger partial charge in [0.05, 0.1) is 20.1 Å². The Bertz CT molecular complexity index is 396. The summed E-state index contributed by atoms with van der Waals surface area (Å²) in [7, 11) is 3.11. The normalized spacial score (nSPS) is 16.4. The van der Waals surface area contributed by atoms with Gasteiger partial charge in [-0.1, -0.05) is 12.1 Å². The SMILES string of the molecule is COC(=O)C(Cc1cccc(OC)c1)C1CC1. The Morgan fingerprint density at radius 2 is 2.18 bits per heavy atom. The van der Waals surface area contributed by atoms with Gasteiger partial charge in [-0.05, 0) is 42.9 Å². The number of methoxy groups -OCH3 is 2. The number of carbonyl (C=O) groups excluding carboxylic acids is 1. The highest BCUT2D eigenvalue weighted by molar-refractivity contribution is 5.73. The van der Waals surface area contributed by atoms with Crippen molar-refractivity contribution < 1.29 is 14.3 Å². The van der Waals surface area contributed by atoms with Crippen molar-refractivity contribution in [2.45, 2.75) is 19.3 Å². The third-order valence-corrected chi connectivity index (χ3v) is 3.28. The maximum atomic E-state index is 11.7. The molecule has 1 aromatic carbocycles. The molecule has 92 valence electrons. The fraction of sp³-hybridized carbons (Fsp3) is 0.500.